The van der Waals surface area contributed by atoms with Crippen LogP contribution in [0.15, 0.2) is 27.4 Å². The van der Waals surface area contributed by atoms with E-state index in [0.717, 1.165) is 23.3 Å². The van der Waals surface area contributed by atoms with Gasteiger partial charge in [-0.2, -0.15) is 0 Å². The summed E-state index contributed by atoms with van der Waals surface area (Å²) in [6.07, 6.45) is 9.57. The van der Waals surface area contributed by atoms with Crippen molar-refractivity contribution in [2.75, 3.05) is 7.05 Å². The van der Waals surface area contributed by atoms with Crippen molar-refractivity contribution in [3.8, 4) is 0 Å². The van der Waals surface area contributed by atoms with Crippen LogP contribution in [-0.4, -0.2) is 23.0 Å². The third-order valence-corrected chi connectivity index (χ3v) is 4.08. The highest BCUT2D eigenvalue weighted by Crippen LogP contribution is 2.46. The Balaban J connectivity index is 2.06. The smallest absolute Gasteiger partial charge is 0.215 e. The van der Waals surface area contributed by atoms with E-state index in [1.165, 1.54) is 6.42 Å². The summed E-state index contributed by atoms with van der Waals surface area (Å²) in [5.41, 5.74) is 0.00539. The Morgan fingerprint density at radius 1 is 1.67 bits per heavy atom. The van der Waals surface area contributed by atoms with E-state index in [1.807, 2.05) is 0 Å². The van der Waals surface area contributed by atoms with Gasteiger partial charge in [-0.3, -0.25) is 4.90 Å². The van der Waals surface area contributed by atoms with E-state index < -0.39 is 0 Å². The highest BCUT2D eigenvalue weighted by Gasteiger charge is 2.49. The molecular formula is C11H13BrN2O. The van der Waals surface area contributed by atoms with Gasteiger partial charge in [0, 0.05) is 6.04 Å². The highest BCUT2D eigenvalue weighted by molar-refractivity contribution is 9.10. The fourth-order valence-corrected chi connectivity index (χ4v) is 3.03. The lowest BCUT2D eigenvalue weighted by molar-refractivity contribution is 0.109. The lowest BCUT2D eigenvalue weighted by Crippen LogP contribution is -2.43. The van der Waals surface area contributed by atoms with Gasteiger partial charge in [0.1, 0.15) is 16.4 Å². The molecule has 2 bridgehead atoms. The van der Waals surface area contributed by atoms with Crippen LogP contribution in [0.4, 0.5) is 0 Å². The van der Waals surface area contributed by atoms with Gasteiger partial charge in [-0.15, -0.1) is 0 Å². The summed E-state index contributed by atoms with van der Waals surface area (Å²) in [5.74, 6) is 0.851. The molecule has 1 aromatic rings. The third-order valence-electron chi connectivity index (χ3n) is 3.71. The lowest BCUT2D eigenvalue weighted by Gasteiger charge is -2.37. The van der Waals surface area contributed by atoms with Crippen molar-refractivity contribution in [2.45, 2.75) is 30.8 Å². The van der Waals surface area contributed by atoms with Gasteiger partial charge in [0.05, 0.1) is 0 Å². The van der Waals surface area contributed by atoms with Crippen LogP contribution in [0.3, 0.4) is 0 Å². The molecule has 3 heterocycles. The molecule has 0 aliphatic carbocycles. The summed E-state index contributed by atoms with van der Waals surface area (Å²) < 4.78 is 6.35. The van der Waals surface area contributed by atoms with Crippen molar-refractivity contribution in [2.24, 2.45) is 0 Å². The summed E-state index contributed by atoms with van der Waals surface area (Å²) in [7, 11) is 2.17. The van der Waals surface area contributed by atoms with Crippen LogP contribution in [0.5, 0.6) is 0 Å². The average molecular weight is 269 g/mol. The van der Waals surface area contributed by atoms with E-state index >= 15 is 0 Å². The van der Waals surface area contributed by atoms with Crippen LogP contribution in [0, 0.1) is 0 Å². The van der Waals surface area contributed by atoms with Crippen molar-refractivity contribution in [3.63, 3.8) is 0 Å². The number of nitrogens with zero attached hydrogens (tertiary/aromatic N) is 2. The van der Waals surface area contributed by atoms with Gasteiger partial charge in [0.2, 0.25) is 5.89 Å². The molecule has 15 heavy (non-hydrogen) atoms. The summed E-state index contributed by atoms with van der Waals surface area (Å²) >= 11 is 3.34. The zero-order chi connectivity index (χ0) is 10.5. The first-order chi connectivity index (χ1) is 7.22. The van der Waals surface area contributed by atoms with Gasteiger partial charge in [0.25, 0.3) is 0 Å². The van der Waals surface area contributed by atoms with Crippen molar-refractivity contribution in [1.82, 2.24) is 9.88 Å². The van der Waals surface area contributed by atoms with Crippen LogP contribution in [0.2, 0.25) is 0 Å². The van der Waals surface area contributed by atoms with Crippen molar-refractivity contribution in [1.29, 1.82) is 0 Å². The topological polar surface area (TPSA) is 29.3 Å². The maximum Gasteiger partial charge on any atom is 0.215 e. The Hall–Kier alpha value is -0.610. The summed E-state index contributed by atoms with van der Waals surface area (Å²) in [6, 6.07) is 0.560. The highest BCUT2D eigenvalue weighted by atomic mass is 79.9. The zero-order valence-electron chi connectivity index (χ0n) is 8.61. The van der Waals surface area contributed by atoms with E-state index in [0.29, 0.717) is 6.04 Å². The normalized spacial score (nSPS) is 34.9. The molecular weight excluding hydrogens is 256 g/mol. The van der Waals surface area contributed by atoms with E-state index in [-0.39, 0.29) is 5.54 Å². The van der Waals surface area contributed by atoms with E-state index in [9.17, 15) is 0 Å². The SMILES string of the molecule is CN1C2C=CCC1(c1nc(Br)co1)CC2. The number of fused-ring (bicyclic) bond motifs is 2. The Morgan fingerprint density at radius 2 is 2.53 bits per heavy atom. The van der Waals surface area contributed by atoms with Crippen molar-refractivity contribution in [3.05, 3.63) is 28.9 Å². The van der Waals surface area contributed by atoms with Gasteiger partial charge in [-0.05, 0) is 42.2 Å². The second kappa shape index (κ2) is 3.19. The maximum absolute atomic E-state index is 5.56. The largest absolute Gasteiger partial charge is 0.446 e. The fourth-order valence-electron chi connectivity index (χ4n) is 2.78. The molecule has 0 radical (unpaired) electrons. The molecule has 1 fully saturated rings. The lowest BCUT2D eigenvalue weighted by atomic mass is 9.91. The molecule has 1 saturated heterocycles. The second-order valence-corrected chi connectivity index (χ2v) is 5.17. The van der Waals surface area contributed by atoms with Gasteiger partial charge in [0.15, 0.2) is 0 Å². The van der Waals surface area contributed by atoms with Gasteiger partial charge < -0.3 is 4.42 Å². The second-order valence-electron chi connectivity index (χ2n) is 4.36. The molecule has 2 atom stereocenters. The minimum absolute atomic E-state index is 0.00539. The predicted molar refractivity (Wildman–Crippen MR) is 60.4 cm³/mol. The first-order valence-corrected chi connectivity index (χ1v) is 6.03. The number of likely N-dealkylation sites (N-methyl/N-ethyl adjacent to an activating group) is 1. The summed E-state index contributed by atoms with van der Waals surface area (Å²) in [5, 5.41) is 0. The molecule has 3 rings (SSSR count). The molecule has 0 N–H and O–H groups in total. The zero-order valence-corrected chi connectivity index (χ0v) is 10.2. The number of hydrogen-bond acceptors (Lipinski definition) is 3. The molecule has 2 unspecified atom stereocenters. The third kappa shape index (κ3) is 1.24. The van der Waals surface area contributed by atoms with E-state index in [4.69, 9.17) is 4.42 Å². The Kier molecular flexibility index (Phi) is 2.04. The molecule has 0 amide bonds. The predicted octanol–water partition coefficient (Wildman–Crippen LogP) is 2.69. The van der Waals surface area contributed by atoms with E-state index in [2.05, 4.69) is 45.0 Å². The number of halogens is 1. The first kappa shape index (κ1) is 9.60. The molecule has 4 heteroatoms. The van der Waals surface area contributed by atoms with Crippen LogP contribution >= 0.6 is 15.9 Å². The number of rotatable bonds is 1. The molecule has 0 aromatic carbocycles. The molecule has 80 valence electrons. The number of aromatic nitrogens is 1. The van der Waals surface area contributed by atoms with E-state index in [1.54, 1.807) is 6.26 Å². The molecule has 1 aromatic heterocycles. The summed E-state index contributed by atoms with van der Waals surface area (Å²) in [4.78, 5) is 6.82. The van der Waals surface area contributed by atoms with Crippen LogP contribution < -0.4 is 0 Å². The minimum atomic E-state index is 0.00539. The molecule has 2 aliphatic heterocycles. The Bertz CT molecular complexity index is 414. The monoisotopic (exact) mass is 268 g/mol. The number of hydrogen-bond donors (Lipinski definition) is 0. The summed E-state index contributed by atoms with van der Waals surface area (Å²) in [6.45, 7) is 0. The van der Waals surface area contributed by atoms with Gasteiger partial charge >= 0.3 is 0 Å². The molecule has 3 nitrogen and oxygen atoms in total. The minimum Gasteiger partial charge on any atom is -0.446 e. The average Bonchev–Trinajstić information content (AvgIpc) is 2.70. The molecule has 0 spiro atoms. The fraction of sp³-hybridized carbons (Fsp3) is 0.545. The quantitative estimate of drug-likeness (QED) is 0.734. The maximum atomic E-state index is 5.56. The Morgan fingerprint density at radius 3 is 3.27 bits per heavy atom. The number of oxazole rings is 1. The standard InChI is InChI=1S/C11H13BrN2O/c1-14-8-3-2-5-11(14,6-4-8)10-13-9(12)7-15-10/h2-3,7-8H,4-6H2,1H3. The molecule has 2 aliphatic rings. The van der Waals surface area contributed by atoms with Crippen LogP contribution in [0.1, 0.15) is 25.2 Å². The van der Waals surface area contributed by atoms with Gasteiger partial charge in [-0.1, -0.05) is 12.2 Å². The molecule has 0 saturated carbocycles. The van der Waals surface area contributed by atoms with Crippen molar-refractivity contribution < 1.29 is 4.42 Å². The van der Waals surface area contributed by atoms with Crippen molar-refractivity contribution >= 4 is 15.9 Å². The first-order valence-electron chi connectivity index (χ1n) is 5.23. The van der Waals surface area contributed by atoms with Crippen LogP contribution in [0.25, 0.3) is 0 Å². The van der Waals surface area contributed by atoms with Crippen LogP contribution in [-0.2, 0) is 5.54 Å². The van der Waals surface area contributed by atoms with Gasteiger partial charge in [-0.25, -0.2) is 4.98 Å². The Labute approximate surface area is 97.3 Å².